The van der Waals surface area contributed by atoms with E-state index in [1.54, 1.807) is 26.5 Å². The zero-order valence-corrected chi connectivity index (χ0v) is 18.6. The predicted molar refractivity (Wildman–Crippen MR) is 124 cm³/mol. The first-order chi connectivity index (χ1) is 15.6. The Morgan fingerprint density at radius 2 is 1.66 bits per heavy atom. The fourth-order valence-electron chi connectivity index (χ4n) is 3.68. The molecule has 1 N–H and O–H groups in total. The van der Waals surface area contributed by atoms with Crippen molar-refractivity contribution >= 4 is 22.5 Å². The quantitative estimate of drug-likeness (QED) is 0.609. The average molecular weight is 437 g/mol. The number of ether oxygens (including phenoxy) is 3. The first kappa shape index (κ1) is 21.9. The molecule has 0 bridgehead atoms. The number of pyridine rings is 1. The fourth-order valence-corrected chi connectivity index (χ4v) is 3.68. The maximum Gasteiger partial charge on any atom is 0.238 e. The average Bonchev–Trinajstić information content (AvgIpc) is 2.81. The van der Waals surface area contributed by atoms with E-state index < -0.39 is 0 Å². The molecule has 2 heterocycles. The summed E-state index contributed by atoms with van der Waals surface area (Å²) in [6.07, 6.45) is 1.69. The molecule has 1 aliphatic heterocycles. The van der Waals surface area contributed by atoms with Crippen LogP contribution in [0.2, 0.25) is 0 Å². The van der Waals surface area contributed by atoms with E-state index >= 15 is 0 Å². The van der Waals surface area contributed by atoms with Crippen molar-refractivity contribution in [2.24, 2.45) is 0 Å². The van der Waals surface area contributed by atoms with Crippen molar-refractivity contribution in [1.82, 2.24) is 14.8 Å². The Bertz CT molecular complexity index is 1080. The topological polar surface area (TPSA) is 76.2 Å². The van der Waals surface area contributed by atoms with Crippen molar-refractivity contribution in [3.8, 4) is 23.0 Å². The summed E-state index contributed by atoms with van der Waals surface area (Å²) in [6.45, 7) is 4.20. The summed E-state index contributed by atoms with van der Waals surface area (Å²) in [7, 11) is 5.29. The predicted octanol–water partition coefficient (Wildman–Crippen LogP) is 3.23. The Kier molecular flexibility index (Phi) is 6.72. The summed E-state index contributed by atoms with van der Waals surface area (Å²) in [5.41, 5.74) is 1.48. The largest absolute Gasteiger partial charge is 0.493 e. The summed E-state index contributed by atoms with van der Waals surface area (Å²) >= 11 is 0. The molecule has 8 nitrogen and oxygen atoms in total. The van der Waals surface area contributed by atoms with Gasteiger partial charge in [0, 0.05) is 49.5 Å². The summed E-state index contributed by atoms with van der Waals surface area (Å²) in [5, 5.41) is 3.77. The van der Waals surface area contributed by atoms with Gasteiger partial charge in [0.2, 0.25) is 5.91 Å². The van der Waals surface area contributed by atoms with Gasteiger partial charge in [0.25, 0.3) is 0 Å². The summed E-state index contributed by atoms with van der Waals surface area (Å²) < 4.78 is 16.9. The maximum atomic E-state index is 12.4. The molecule has 0 aliphatic carbocycles. The van der Waals surface area contributed by atoms with Crippen LogP contribution in [0.3, 0.4) is 0 Å². The lowest BCUT2D eigenvalue weighted by Gasteiger charge is -2.31. The second-order valence-corrected chi connectivity index (χ2v) is 7.79. The van der Waals surface area contributed by atoms with Crippen LogP contribution in [0.15, 0.2) is 48.7 Å². The van der Waals surface area contributed by atoms with Crippen LogP contribution >= 0.6 is 0 Å². The lowest BCUT2D eigenvalue weighted by atomic mass is 10.2. The number of rotatable bonds is 7. The molecule has 1 fully saturated rings. The molecule has 0 saturated carbocycles. The van der Waals surface area contributed by atoms with Gasteiger partial charge in [-0.1, -0.05) is 0 Å². The lowest BCUT2D eigenvalue weighted by molar-refractivity contribution is -0.117. The summed E-state index contributed by atoms with van der Waals surface area (Å²) in [4.78, 5) is 21.2. The van der Waals surface area contributed by atoms with E-state index in [1.165, 1.54) is 0 Å². The first-order valence-electron chi connectivity index (χ1n) is 10.5. The standard InChI is InChI=1S/C24H28N4O4/c1-27-10-12-28(13-11-27)16-24(29)26-17-4-6-18(7-5-17)32-21-8-9-25-20-15-23(31-3)22(30-2)14-19(20)21/h4-9,14-15H,10-13,16H2,1-3H3,(H,26,29). The van der Waals surface area contributed by atoms with Gasteiger partial charge in [0.1, 0.15) is 11.5 Å². The van der Waals surface area contributed by atoms with Gasteiger partial charge in [-0.25, -0.2) is 0 Å². The van der Waals surface area contributed by atoms with Crippen LogP contribution < -0.4 is 19.5 Å². The molecule has 0 atom stereocenters. The molecular formula is C24H28N4O4. The van der Waals surface area contributed by atoms with Crippen molar-refractivity contribution < 1.29 is 19.0 Å². The van der Waals surface area contributed by atoms with E-state index in [-0.39, 0.29) is 5.91 Å². The molecule has 168 valence electrons. The summed E-state index contributed by atoms with van der Waals surface area (Å²) in [6, 6.07) is 12.8. The Hall–Kier alpha value is -3.36. The van der Waals surface area contributed by atoms with Gasteiger partial charge >= 0.3 is 0 Å². The van der Waals surface area contributed by atoms with Gasteiger partial charge in [-0.15, -0.1) is 0 Å². The van der Waals surface area contributed by atoms with Gasteiger partial charge in [0.15, 0.2) is 11.5 Å². The van der Waals surface area contributed by atoms with Crippen LogP contribution in [0, 0.1) is 0 Å². The third-order valence-electron chi connectivity index (χ3n) is 5.54. The van der Waals surface area contributed by atoms with Crippen LogP contribution in [0.5, 0.6) is 23.0 Å². The Morgan fingerprint density at radius 3 is 2.34 bits per heavy atom. The van der Waals surface area contributed by atoms with Crippen LogP contribution in [-0.2, 0) is 4.79 Å². The molecule has 8 heteroatoms. The molecular weight excluding hydrogens is 408 g/mol. The molecule has 2 aromatic carbocycles. The SMILES string of the molecule is COc1cc2nccc(Oc3ccc(NC(=O)CN4CCN(C)CC4)cc3)c2cc1OC. The third-order valence-corrected chi connectivity index (χ3v) is 5.54. The molecule has 0 radical (unpaired) electrons. The zero-order chi connectivity index (χ0) is 22.5. The monoisotopic (exact) mass is 436 g/mol. The number of amides is 1. The minimum absolute atomic E-state index is 0.00982. The van der Waals surface area contributed by atoms with E-state index in [0.717, 1.165) is 42.8 Å². The molecule has 1 aromatic heterocycles. The normalized spacial score (nSPS) is 14.8. The van der Waals surface area contributed by atoms with Crippen molar-refractivity contribution in [2.75, 3.05) is 59.3 Å². The molecule has 0 spiro atoms. The summed E-state index contributed by atoms with van der Waals surface area (Å²) in [5.74, 6) is 2.52. The van der Waals surface area contributed by atoms with E-state index in [0.29, 0.717) is 29.5 Å². The number of carbonyl (C=O) groups excluding carboxylic acids is 1. The molecule has 1 amide bonds. The van der Waals surface area contributed by atoms with Crippen LogP contribution in [0.1, 0.15) is 0 Å². The molecule has 4 rings (SSSR count). The number of nitrogens with one attached hydrogen (secondary N) is 1. The number of nitrogens with zero attached hydrogens (tertiary/aromatic N) is 3. The van der Waals surface area contributed by atoms with Gasteiger partial charge in [-0.2, -0.15) is 0 Å². The minimum atomic E-state index is -0.00982. The first-order valence-corrected chi connectivity index (χ1v) is 10.5. The van der Waals surface area contributed by atoms with Gasteiger partial charge in [0.05, 0.1) is 26.3 Å². The van der Waals surface area contributed by atoms with Crippen molar-refractivity contribution in [2.45, 2.75) is 0 Å². The third kappa shape index (κ3) is 5.09. The Labute approximate surface area is 187 Å². The van der Waals surface area contributed by atoms with Crippen LogP contribution in [-0.4, -0.2) is 74.7 Å². The molecule has 3 aromatic rings. The van der Waals surface area contributed by atoms with Crippen molar-refractivity contribution in [3.05, 3.63) is 48.7 Å². The van der Waals surface area contributed by atoms with Crippen molar-refractivity contribution in [3.63, 3.8) is 0 Å². The lowest BCUT2D eigenvalue weighted by Crippen LogP contribution is -2.47. The zero-order valence-electron chi connectivity index (χ0n) is 18.6. The molecule has 1 saturated heterocycles. The minimum Gasteiger partial charge on any atom is -0.493 e. The second-order valence-electron chi connectivity index (χ2n) is 7.79. The van der Waals surface area contributed by atoms with Crippen LogP contribution in [0.4, 0.5) is 5.69 Å². The van der Waals surface area contributed by atoms with E-state index in [2.05, 4.69) is 27.1 Å². The van der Waals surface area contributed by atoms with E-state index in [1.807, 2.05) is 36.4 Å². The number of aromatic nitrogens is 1. The number of piperazine rings is 1. The van der Waals surface area contributed by atoms with Gasteiger partial charge < -0.3 is 24.4 Å². The highest BCUT2D eigenvalue weighted by Crippen LogP contribution is 2.36. The Morgan fingerprint density at radius 1 is 0.969 bits per heavy atom. The van der Waals surface area contributed by atoms with Gasteiger partial charge in [-0.05, 0) is 43.4 Å². The number of likely N-dealkylation sites (N-methyl/N-ethyl adjacent to an activating group) is 1. The number of fused-ring (bicyclic) bond motifs is 1. The number of benzene rings is 2. The Balaban J connectivity index is 1.42. The van der Waals surface area contributed by atoms with E-state index in [9.17, 15) is 4.79 Å². The highest BCUT2D eigenvalue weighted by atomic mass is 16.5. The van der Waals surface area contributed by atoms with Crippen LogP contribution in [0.25, 0.3) is 10.9 Å². The number of methoxy groups -OCH3 is 2. The highest BCUT2D eigenvalue weighted by Gasteiger charge is 2.16. The number of hydrogen-bond donors (Lipinski definition) is 1. The number of hydrogen-bond acceptors (Lipinski definition) is 7. The second kappa shape index (κ2) is 9.84. The number of carbonyl (C=O) groups is 1. The van der Waals surface area contributed by atoms with E-state index in [4.69, 9.17) is 14.2 Å². The molecule has 1 aliphatic rings. The highest BCUT2D eigenvalue weighted by molar-refractivity contribution is 5.92. The molecule has 0 unspecified atom stereocenters. The molecule has 32 heavy (non-hydrogen) atoms. The smallest absolute Gasteiger partial charge is 0.238 e. The maximum absolute atomic E-state index is 12.4. The number of anilines is 1. The van der Waals surface area contributed by atoms with Crippen molar-refractivity contribution in [1.29, 1.82) is 0 Å². The van der Waals surface area contributed by atoms with Gasteiger partial charge in [-0.3, -0.25) is 14.7 Å². The fraction of sp³-hybridized carbons (Fsp3) is 0.333.